The Morgan fingerprint density at radius 1 is 1.28 bits per heavy atom. The molecule has 3 rings (SSSR count). The van der Waals surface area contributed by atoms with E-state index in [-0.39, 0.29) is 29.6 Å². The van der Waals surface area contributed by atoms with E-state index in [1.807, 2.05) is 6.07 Å². The largest absolute Gasteiger partial charge is 0.414 e. The van der Waals surface area contributed by atoms with Gasteiger partial charge in [0.15, 0.2) is 5.82 Å². The van der Waals surface area contributed by atoms with E-state index in [4.69, 9.17) is 15.7 Å². The topological polar surface area (TPSA) is 151 Å². The predicted molar refractivity (Wildman–Crippen MR) is 104 cm³/mol. The average molecular weight is 416 g/mol. The summed E-state index contributed by atoms with van der Waals surface area (Å²) in [5.41, 5.74) is 6.66. The molecule has 1 aromatic carbocycles. The van der Waals surface area contributed by atoms with E-state index in [9.17, 15) is 13.2 Å². The first-order valence-electron chi connectivity index (χ1n) is 8.97. The van der Waals surface area contributed by atoms with Gasteiger partial charge in [-0.2, -0.15) is 9.57 Å². The van der Waals surface area contributed by atoms with Crippen LogP contribution < -0.4 is 15.8 Å². The van der Waals surface area contributed by atoms with Crippen molar-refractivity contribution >= 4 is 21.9 Å². The molecule has 1 saturated heterocycles. The van der Waals surface area contributed by atoms with Crippen LogP contribution in [0.1, 0.15) is 19.3 Å². The summed E-state index contributed by atoms with van der Waals surface area (Å²) in [7, 11) is -3.50. The van der Waals surface area contributed by atoms with Crippen molar-refractivity contribution in [1.82, 2.24) is 19.6 Å². The molecule has 1 amide bonds. The van der Waals surface area contributed by atoms with Gasteiger partial charge in [0.2, 0.25) is 10.0 Å². The van der Waals surface area contributed by atoms with Gasteiger partial charge >= 0.3 is 6.09 Å². The average Bonchev–Trinajstić information content (AvgIpc) is 3.26. The van der Waals surface area contributed by atoms with Gasteiger partial charge in [-0.15, -0.1) is 0 Å². The molecule has 0 spiro atoms. The third-order valence-corrected chi connectivity index (χ3v) is 6.23. The van der Waals surface area contributed by atoms with Crippen molar-refractivity contribution in [3.8, 4) is 23.2 Å². The Labute approximate surface area is 168 Å². The number of carbonyl (C=O) groups excluding carboxylic acids is 1. The number of nitrogen functional groups attached to an aromatic ring is 1. The van der Waals surface area contributed by atoms with Crippen molar-refractivity contribution < 1.29 is 17.9 Å². The summed E-state index contributed by atoms with van der Waals surface area (Å²) >= 11 is 0. The maximum absolute atomic E-state index is 12.6. The van der Waals surface area contributed by atoms with Crippen molar-refractivity contribution in [2.45, 2.75) is 24.2 Å². The number of nitrogens with two attached hydrogens (primary N) is 1. The van der Waals surface area contributed by atoms with Crippen LogP contribution in [0.15, 0.2) is 35.4 Å². The van der Waals surface area contributed by atoms with E-state index in [0.29, 0.717) is 24.3 Å². The van der Waals surface area contributed by atoms with E-state index in [1.165, 1.54) is 22.6 Å². The molecule has 0 radical (unpaired) electrons. The fourth-order valence-corrected chi connectivity index (χ4v) is 4.33. The number of amides is 1. The van der Waals surface area contributed by atoms with Crippen molar-refractivity contribution in [3.63, 3.8) is 0 Å². The Balaban J connectivity index is 1.77. The number of hydrogen-bond acceptors (Lipinski definition) is 8. The highest BCUT2D eigenvalue weighted by Crippen LogP contribution is 2.26. The second kappa shape index (κ2) is 8.85. The highest BCUT2D eigenvalue weighted by atomic mass is 32.2. The molecule has 11 heteroatoms. The Morgan fingerprint density at radius 3 is 2.62 bits per heavy atom. The standard InChI is InChI=1S/C18H20N6O4S/c19-8-3-9-21-18(25)28-17-16(20)22-12-15(23-17)13-4-6-14(7-5-13)29(26,27)24-10-1-2-11-24/h4-7,12H,1-3,9-11H2,(H2,20,22)(H,21,25). The minimum Gasteiger partial charge on any atom is -0.387 e. The summed E-state index contributed by atoms with van der Waals surface area (Å²) < 4.78 is 31.7. The third-order valence-electron chi connectivity index (χ3n) is 4.32. The molecule has 3 N–H and O–H groups in total. The number of sulfonamides is 1. The zero-order chi connectivity index (χ0) is 20.9. The van der Waals surface area contributed by atoms with Gasteiger partial charge < -0.3 is 15.8 Å². The van der Waals surface area contributed by atoms with Gasteiger partial charge in [0, 0.05) is 25.2 Å². The normalized spacial score (nSPS) is 14.3. The van der Waals surface area contributed by atoms with Crippen LogP contribution in [0.25, 0.3) is 11.3 Å². The first-order valence-corrected chi connectivity index (χ1v) is 10.4. The second-order valence-electron chi connectivity index (χ2n) is 6.31. The van der Waals surface area contributed by atoms with Crippen LogP contribution in [0.4, 0.5) is 10.6 Å². The molecular weight excluding hydrogens is 396 g/mol. The molecule has 29 heavy (non-hydrogen) atoms. The lowest BCUT2D eigenvalue weighted by molar-refractivity contribution is 0.199. The molecule has 1 fully saturated rings. The summed E-state index contributed by atoms with van der Waals surface area (Å²) in [6.07, 6.45) is 2.48. The maximum atomic E-state index is 12.6. The monoisotopic (exact) mass is 416 g/mol. The lowest BCUT2D eigenvalue weighted by Crippen LogP contribution is -2.28. The summed E-state index contributed by atoms with van der Waals surface area (Å²) in [6, 6.07) is 8.14. The van der Waals surface area contributed by atoms with Crippen LogP contribution in [0, 0.1) is 11.3 Å². The number of rotatable bonds is 6. The van der Waals surface area contributed by atoms with E-state index in [0.717, 1.165) is 12.8 Å². The molecule has 0 atom stereocenters. The maximum Gasteiger partial charge on any atom is 0.414 e. The number of hydrogen-bond donors (Lipinski definition) is 2. The van der Waals surface area contributed by atoms with Gasteiger partial charge in [-0.05, 0) is 25.0 Å². The number of nitriles is 1. The molecule has 0 bridgehead atoms. The van der Waals surface area contributed by atoms with Crippen molar-refractivity contribution in [2.75, 3.05) is 25.4 Å². The van der Waals surface area contributed by atoms with Crippen LogP contribution >= 0.6 is 0 Å². The van der Waals surface area contributed by atoms with Crippen molar-refractivity contribution in [1.29, 1.82) is 5.26 Å². The second-order valence-corrected chi connectivity index (χ2v) is 8.24. The lowest BCUT2D eigenvalue weighted by atomic mass is 10.2. The quantitative estimate of drug-likeness (QED) is 0.672. The summed E-state index contributed by atoms with van der Waals surface area (Å²) in [5, 5.41) is 10.9. The Bertz CT molecular complexity index is 1030. The van der Waals surface area contributed by atoms with E-state index < -0.39 is 16.1 Å². The smallest absolute Gasteiger partial charge is 0.387 e. The summed E-state index contributed by atoms with van der Waals surface area (Å²) in [6.45, 7) is 1.20. The molecule has 1 aliphatic rings. The SMILES string of the molecule is N#CCCNC(=O)Oc1nc(-c2ccc(S(=O)(=O)N3CCCC3)cc2)cnc1N. The minimum atomic E-state index is -3.50. The summed E-state index contributed by atoms with van der Waals surface area (Å²) in [4.78, 5) is 20.1. The van der Waals surface area contributed by atoms with Crippen LogP contribution in [-0.2, 0) is 10.0 Å². The van der Waals surface area contributed by atoms with Crippen molar-refractivity contribution in [3.05, 3.63) is 30.5 Å². The number of benzene rings is 1. The number of aromatic nitrogens is 2. The Kier molecular flexibility index (Phi) is 6.26. The van der Waals surface area contributed by atoms with Crippen LogP contribution in [0.5, 0.6) is 5.88 Å². The molecule has 10 nitrogen and oxygen atoms in total. The van der Waals surface area contributed by atoms with Gasteiger partial charge in [-0.25, -0.2) is 23.2 Å². The number of nitrogens with one attached hydrogen (secondary N) is 1. The van der Waals surface area contributed by atoms with Gasteiger partial charge in [0.25, 0.3) is 5.88 Å². The van der Waals surface area contributed by atoms with Crippen LogP contribution in [0.2, 0.25) is 0 Å². The minimum absolute atomic E-state index is 0.0718. The van der Waals surface area contributed by atoms with Crippen molar-refractivity contribution in [2.24, 2.45) is 0 Å². The first kappa shape index (κ1) is 20.5. The Hall–Kier alpha value is -3.23. The highest BCUT2D eigenvalue weighted by molar-refractivity contribution is 7.89. The zero-order valence-corrected chi connectivity index (χ0v) is 16.4. The third kappa shape index (κ3) is 4.79. The highest BCUT2D eigenvalue weighted by Gasteiger charge is 2.27. The van der Waals surface area contributed by atoms with Gasteiger partial charge in [0.1, 0.15) is 0 Å². The number of ether oxygens (including phenoxy) is 1. The van der Waals surface area contributed by atoms with Crippen LogP contribution in [-0.4, -0.2) is 48.4 Å². The molecule has 0 saturated carbocycles. The molecule has 2 heterocycles. The summed E-state index contributed by atoms with van der Waals surface area (Å²) in [5.74, 6) is -0.247. The van der Waals surface area contributed by atoms with Gasteiger partial charge in [0.05, 0.1) is 29.3 Å². The van der Waals surface area contributed by atoms with Crippen LogP contribution in [0.3, 0.4) is 0 Å². The lowest BCUT2D eigenvalue weighted by Gasteiger charge is -2.15. The van der Waals surface area contributed by atoms with E-state index in [1.54, 1.807) is 12.1 Å². The Morgan fingerprint density at radius 2 is 1.97 bits per heavy atom. The molecular formula is C18H20N6O4S. The number of nitrogens with zero attached hydrogens (tertiary/aromatic N) is 4. The molecule has 1 aliphatic heterocycles. The predicted octanol–water partition coefficient (Wildman–Crippen LogP) is 1.51. The van der Waals surface area contributed by atoms with E-state index >= 15 is 0 Å². The molecule has 0 unspecified atom stereocenters. The fraction of sp³-hybridized carbons (Fsp3) is 0.333. The molecule has 152 valence electrons. The van der Waals surface area contributed by atoms with E-state index in [2.05, 4.69) is 15.3 Å². The number of carbonyl (C=O) groups is 1. The fourth-order valence-electron chi connectivity index (χ4n) is 2.82. The zero-order valence-electron chi connectivity index (χ0n) is 15.5. The molecule has 1 aromatic heterocycles. The van der Waals surface area contributed by atoms with Gasteiger partial charge in [-0.1, -0.05) is 12.1 Å². The molecule has 0 aliphatic carbocycles. The number of anilines is 1. The first-order chi connectivity index (χ1) is 13.9. The van der Waals surface area contributed by atoms with Gasteiger partial charge in [-0.3, -0.25) is 0 Å². The molecule has 2 aromatic rings.